The molecule has 0 aromatic heterocycles. The molecule has 26 heavy (non-hydrogen) atoms. The topological polar surface area (TPSA) is 119 Å². The largest absolute Gasteiger partial charge is 0.504 e. The highest BCUT2D eigenvalue weighted by Crippen LogP contribution is 2.34. The molecule has 0 fully saturated rings. The molecule has 0 aliphatic heterocycles. The van der Waals surface area contributed by atoms with Crippen LogP contribution in [0.25, 0.3) is 0 Å². The van der Waals surface area contributed by atoms with Gasteiger partial charge in [-0.25, -0.2) is 0 Å². The van der Waals surface area contributed by atoms with Gasteiger partial charge in [-0.3, -0.25) is 4.79 Å². The van der Waals surface area contributed by atoms with Gasteiger partial charge in [-0.05, 0) is 42.5 Å². The van der Waals surface area contributed by atoms with Crippen LogP contribution >= 0.6 is 0 Å². The van der Waals surface area contributed by atoms with Crippen molar-refractivity contribution in [2.45, 2.75) is 0 Å². The van der Waals surface area contributed by atoms with E-state index in [-0.39, 0.29) is 28.6 Å². The quantitative estimate of drug-likeness (QED) is 0.458. The fraction of sp³-hybridized carbons (Fsp3) is 0. The molecule has 0 atom stereocenters. The maximum absolute atomic E-state index is 12.3. The third kappa shape index (κ3) is 3.62. The van der Waals surface area contributed by atoms with Gasteiger partial charge in [0.2, 0.25) is 0 Å². The molecule has 5 N–H and O–H groups in total. The van der Waals surface area contributed by atoms with E-state index in [1.54, 1.807) is 24.3 Å². The Hall–Kier alpha value is -3.87. The summed E-state index contributed by atoms with van der Waals surface area (Å²) >= 11 is 0. The zero-order chi connectivity index (χ0) is 18.7. The summed E-state index contributed by atoms with van der Waals surface area (Å²) in [6.07, 6.45) is 0. The van der Waals surface area contributed by atoms with Crippen LogP contribution in [0.15, 0.2) is 60.7 Å². The molecule has 0 spiro atoms. The standard InChI is InChI=1S/C19H15NO6/c21-14-7-5-11(9-16(14)23)19(25)20-13-3-1-2-4-18(13)26-12-6-8-15(22)17(24)10-12/h1-10,21-24H,(H,20,25). The van der Waals surface area contributed by atoms with Crippen molar-refractivity contribution >= 4 is 11.6 Å². The van der Waals surface area contributed by atoms with Gasteiger partial charge in [-0.15, -0.1) is 0 Å². The minimum absolute atomic E-state index is 0.150. The molecule has 7 heteroatoms. The number of hydrogen-bond donors (Lipinski definition) is 5. The van der Waals surface area contributed by atoms with Crippen LogP contribution in [-0.2, 0) is 0 Å². The van der Waals surface area contributed by atoms with E-state index >= 15 is 0 Å². The van der Waals surface area contributed by atoms with Crippen molar-refractivity contribution < 1.29 is 30.0 Å². The molecule has 0 saturated heterocycles. The summed E-state index contributed by atoms with van der Waals surface area (Å²) in [6, 6.07) is 14.4. The summed E-state index contributed by atoms with van der Waals surface area (Å²) < 4.78 is 5.65. The van der Waals surface area contributed by atoms with Gasteiger partial charge in [-0.2, -0.15) is 0 Å². The zero-order valence-electron chi connectivity index (χ0n) is 13.4. The van der Waals surface area contributed by atoms with E-state index < -0.39 is 11.7 Å². The molecule has 3 aromatic carbocycles. The van der Waals surface area contributed by atoms with Gasteiger partial charge in [0, 0.05) is 11.6 Å². The third-order valence-electron chi connectivity index (χ3n) is 3.55. The van der Waals surface area contributed by atoms with E-state index in [4.69, 9.17) is 4.74 Å². The number of anilines is 1. The molecular formula is C19H15NO6. The fourth-order valence-electron chi connectivity index (χ4n) is 2.21. The molecule has 0 bridgehead atoms. The molecule has 0 radical (unpaired) electrons. The van der Waals surface area contributed by atoms with Crippen LogP contribution in [0.4, 0.5) is 5.69 Å². The predicted molar refractivity (Wildman–Crippen MR) is 94.0 cm³/mol. The van der Waals surface area contributed by atoms with Crippen LogP contribution in [0.5, 0.6) is 34.5 Å². The summed E-state index contributed by atoms with van der Waals surface area (Å²) in [5.74, 6) is -1.25. The first-order chi connectivity index (χ1) is 12.4. The Kier molecular flexibility index (Phi) is 4.53. The minimum atomic E-state index is -0.509. The Labute approximate surface area is 148 Å². The molecule has 0 aliphatic carbocycles. The Morgan fingerprint density at radius 1 is 0.769 bits per heavy atom. The van der Waals surface area contributed by atoms with Crippen LogP contribution < -0.4 is 10.1 Å². The number of ether oxygens (including phenoxy) is 1. The van der Waals surface area contributed by atoms with Crippen molar-refractivity contribution in [3.05, 3.63) is 66.2 Å². The first-order valence-electron chi connectivity index (χ1n) is 7.56. The monoisotopic (exact) mass is 353 g/mol. The summed E-state index contributed by atoms with van der Waals surface area (Å²) in [4.78, 5) is 12.3. The lowest BCUT2D eigenvalue weighted by Gasteiger charge is -2.13. The molecular weight excluding hydrogens is 338 g/mol. The van der Waals surface area contributed by atoms with Crippen LogP contribution in [0.3, 0.4) is 0 Å². The van der Waals surface area contributed by atoms with Gasteiger partial charge < -0.3 is 30.5 Å². The van der Waals surface area contributed by atoms with Crippen molar-refractivity contribution in [1.29, 1.82) is 0 Å². The van der Waals surface area contributed by atoms with Gasteiger partial charge >= 0.3 is 0 Å². The molecule has 3 rings (SSSR count). The number of hydrogen-bond acceptors (Lipinski definition) is 6. The Morgan fingerprint density at radius 3 is 2.12 bits per heavy atom. The second kappa shape index (κ2) is 6.94. The molecule has 7 nitrogen and oxygen atoms in total. The van der Waals surface area contributed by atoms with Crippen molar-refractivity contribution in [1.82, 2.24) is 0 Å². The number of aromatic hydroxyl groups is 4. The van der Waals surface area contributed by atoms with Crippen molar-refractivity contribution in [3.63, 3.8) is 0 Å². The first kappa shape index (κ1) is 17.0. The summed E-state index contributed by atoms with van der Waals surface area (Å²) in [5, 5.41) is 40.4. The number of amides is 1. The van der Waals surface area contributed by atoms with Crippen LogP contribution in [0, 0.1) is 0 Å². The number of para-hydroxylation sites is 2. The normalized spacial score (nSPS) is 10.3. The Balaban J connectivity index is 1.83. The van der Waals surface area contributed by atoms with Gasteiger partial charge in [0.15, 0.2) is 28.7 Å². The molecule has 0 heterocycles. The number of phenolic OH excluding ortho intramolecular Hbond substituents is 4. The van der Waals surface area contributed by atoms with E-state index in [1.807, 2.05) is 0 Å². The number of rotatable bonds is 4. The molecule has 0 unspecified atom stereocenters. The van der Waals surface area contributed by atoms with Crippen LogP contribution in [0.1, 0.15) is 10.4 Å². The van der Waals surface area contributed by atoms with E-state index in [1.165, 1.54) is 30.3 Å². The zero-order valence-corrected chi connectivity index (χ0v) is 13.4. The highest BCUT2D eigenvalue weighted by Gasteiger charge is 2.13. The number of phenols is 4. The average Bonchev–Trinajstić information content (AvgIpc) is 2.62. The van der Waals surface area contributed by atoms with Crippen molar-refractivity contribution in [2.75, 3.05) is 5.32 Å². The maximum Gasteiger partial charge on any atom is 0.255 e. The van der Waals surface area contributed by atoms with E-state index in [0.717, 1.165) is 6.07 Å². The number of carbonyl (C=O) groups excluding carboxylic acids is 1. The predicted octanol–water partition coefficient (Wildman–Crippen LogP) is 3.55. The van der Waals surface area contributed by atoms with E-state index in [2.05, 4.69) is 5.32 Å². The molecule has 0 aliphatic rings. The second-order valence-corrected chi connectivity index (χ2v) is 5.41. The van der Waals surface area contributed by atoms with Crippen LogP contribution in [-0.4, -0.2) is 26.3 Å². The lowest BCUT2D eigenvalue weighted by molar-refractivity contribution is 0.102. The average molecular weight is 353 g/mol. The molecule has 0 saturated carbocycles. The third-order valence-corrected chi connectivity index (χ3v) is 3.55. The molecule has 132 valence electrons. The lowest BCUT2D eigenvalue weighted by atomic mass is 10.2. The summed E-state index contributed by atoms with van der Waals surface area (Å²) in [7, 11) is 0. The highest BCUT2D eigenvalue weighted by atomic mass is 16.5. The first-order valence-corrected chi connectivity index (χ1v) is 7.56. The number of nitrogens with one attached hydrogen (secondary N) is 1. The van der Waals surface area contributed by atoms with Gasteiger partial charge in [0.25, 0.3) is 5.91 Å². The Morgan fingerprint density at radius 2 is 1.42 bits per heavy atom. The maximum atomic E-state index is 12.3. The van der Waals surface area contributed by atoms with Crippen molar-refractivity contribution in [3.8, 4) is 34.5 Å². The SMILES string of the molecule is O=C(Nc1ccccc1Oc1ccc(O)c(O)c1)c1ccc(O)c(O)c1. The van der Waals surface area contributed by atoms with Crippen LogP contribution in [0.2, 0.25) is 0 Å². The number of benzene rings is 3. The highest BCUT2D eigenvalue weighted by molar-refractivity contribution is 6.05. The molecule has 3 aromatic rings. The Bertz CT molecular complexity index is 970. The van der Waals surface area contributed by atoms with E-state index in [9.17, 15) is 25.2 Å². The summed E-state index contributed by atoms with van der Waals surface area (Å²) in [6.45, 7) is 0. The fourth-order valence-corrected chi connectivity index (χ4v) is 2.21. The van der Waals surface area contributed by atoms with Gasteiger partial charge in [0.05, 0.1) is 5.69 Å². The summed E-state index contributed by atoms with van der Waals surface area (Å²) in [5.41, 5.74) is 0.509. The van der Waals surface area contributed by atoms with Gasteiger partial charge in [-0.1, -0.05) is 12.1 Å². The lowest BCUT2D eigenvalue weighted by Crippen LogP contribution is -2.12. The smallest absolute Gasteiger partial charge is 0.255 e. The minimum Gasteiger partial charge on any atom is -0.504 e. The second-order valence-electron chi connectivity index (χ2n) is 5.41. The van der Waals surface area contributed by atoms with E-state index in [0.29, 0.717) is 11.4 Å². The van der Waals surface area contributed by atoms with Gasteiger partial charge in [0.1, 0.15) is 5.75 Å². The number of carbonyl (C=O) groups is 1. The molecule has 1 amide bonds. The van der Waals surface area contributed by atoms with Crippen molar-refractivity contribution in [2.24, 2.45) is 0 Å².